The summed E-state index contributed by atoms with van der Waals surface area (Å²) in [6.07, 6.45) is 0. The van der Waals surface area contributed by atoms with E-state index in [-0.39, 0.29) is 24.0 Å². The first-order chi connectivity index (χ1) is 11.7. The number of halogens is 1. The summed E-state index contributed by atoms with van der Waals surface area (Å²) in [4.78, 5) is 4.35. The fraction of sp³-hybridized carbons (Fsp3) is 0.278. The van der Waals surface area contributed by atoms with Gasteiger partial charge in [0.25, 0.3) is 0 Å². The molecule has 0 spiro atoms. The number of hydrogen-bond donors (Lipinski definition) is 3. The van der Waals surface area contributed by atoms with Crippen LogP contribution in [0.1, 0.15) is 5.56 Å². The number of aliphatic imine (C=N–C) groups is 1. The van der Waals surface area contributed by atoms with Crippen LogP contribution in [-0.2, 0) is 11.3 Å². The Morgan fingerprint density at radius 1 is 1.08 bits per heavy atom. The zero-order chi connectivity index (χ0) is 17.2. The van der Waals surface area contributed by atoms with E-state index in [0.717, 1.165) is 29.2 Å². The molecule has 0 atom stereocenters. The van der Waals surface area contributed by atoms with Crippen LogP contribution in [0.5, 0.6) is 5.75 Å². The predicted octanol–water partition coefficient (Wildman–Crippen LogP) is 3.30. The van der Waals surface area contributed by atoms with E-state index < -0.39 is 0 Å². The Morgan fingerprint density at radius 2 is 1.84 bits per heavy atom. The first-order valence-electron chi connectivity index (χ1n) is 7.74. The van der Waals surface area contributed by atoms with Crippen LogP contribution in [0.2, 0.25) is 0 Å². The third-order valence-corrected chi connectivity index (χ3v) is 3.36. The summed E-state index contributed by atoms with van der Waals surface area (Å²) in [5.74, 6) is 1.13. The molecule has 0 aliphatic rings. The Kier molecular flexibility index (Phi) is 9.71. The molecule has 0 amide bonds. The maximum atomic E-state index is 5.93. The molecular formula is C18H25IN4O2. The molecule has 0 saturated carbocycles. The Bertz CT molecular complexity index is 662. The zero-order valence-electron chi connectivity index (χ0n) is 14.5. The minimum Gasteiger partial charge on any atom is -0.497 e. The van der Waals surface area contributed by atoms with Gasteiger partial charge in [0.1, 0.15) is 5.75 Å². The number of nitrogens with two attached hydrogens (primary N) is 1. The maximum Gasteiger partial charge on any atom is 0.193 e. The number of rotatable bonds is 8. The Morgan fingerprint density at radius 3 is 2.52 bits per heavy atom. The standard InChI is InChI=1S/C18H24N4O2.HI/c1-23-11-10-20-15-8-6-14(7-9-15)13-21-18(19)22-16-4-3-5-17(12-16)24-2;/h3-9,12,20H,10-11,13H2,1-2H3,(H3,19,21,22);1H. The lowest BCUT2D eigenvalue weighted by molar-refractivity contribution is 0.211. The highest BCUT2D eigenvalue weighted by Crippen LogP contribution is 2.16. The molecule has 2 aromatic rings. The Labute approximate surface area is 165 Å². The van der Waals surface area contributed by atoms with E-state index in [2.05, 4.69) is 15.6 Å². The molecule has 0 unspecified atom stereocenters. The molecule has 2 aromatic carbocycles. The third-order valence-electron chi connectivity index (χ3n) is 3.36. The van der Waals surface area contributed by atoms with Crippen LogP contribution >= 0.6 is 24.0 Å². The lowest BCUT2D eigenvalue weighted by Gasteiger charge is -2.08. The van der Waals surface area contributed by atoms with E-state index in [0.29, 0.717) is 19.1 Å². The fourth-order valence-electron chi connectivity index (χ4n) is 2.09. The van der Waals surface area contributed by atoms with Crippen molar-refractivity contribution >= 4 is 41.3 Å². The first-order valence-corrected chi connectivity index (χ1v) is 7.74. The fourth-order valence-corrected chi connectivity index (χ4v) is 2.09. The minimum atomic E-state index is 0. The molecule has 0 aliphatic carbocycles. The second-order valence-electron chi connectivity index (χ2n) is 5.17. The number of hydrogen-bond acceptors (Lipinski definition) is 4. The van der Waals surface area contributed by atoms with Crippen molar-refractivity contribution in [3.63, 3.8) is 0 Å². The van der Waals surface area contributed by atoms with E-state index in [9.17, 15) is 0 Å². The number of nitrogens with one attached hydrogen (secondary N) is 2. The summed E-state index contributed by atoms with van der Waals surface area (Å²) in [5, 5.41) is 6.33. The van der Waals surface area contributed by atoms with Crippen molar-refractivity contribution in [3.8, 4) is 5.75 Å². The molecule has 0 aliphatic heterocycles. The predicted molar refractivity (Wildman–Crippen MR) is 114 cm³/mol. The maximum absolute atomic E-state index is 5.93. The summed E-state index contributed by atoms with van der Waals surface area (Å²) in [6.45, 7) is 1.98. The number of benzene rings is 2. The van der Waals surface area contributed by atoms with E-state index in [1.54, 1.807) is 14.2 Å². The van der Waals surface area contributed by atoms with Crippen molar-refractivity contribution in [2.45, 2.75) is 6.54 Å². The summed E-state index contributed by atoms with van der Waals surface area (Å²) in [7, 11) is 3.32. The molecular weight excluding hydrogens is 431 g/mol. The van der Waals surface area contributed by atoms with Crippen LogP contribution in [-0.4, -0.2) is 33.3 Å². The van der Waals surface area contributed by atoms with Crippen LogP contribution in [0.4, 0.5) is 11.4 Å². The number of ether oxygens (including phenoxy) is 2. The van der Waals surface area contributed by atoms with E-state index in [1.165, 1.54) is 0 Å². The quantitative estimate of drug-likeness (QED) is 0.246. The van der Waals surface area contributed by atoms with Crippen LogP contribution in [0.15, 0.2) is 53.5 Å². The second-order valence-corrected chi connectivity index (χ2v) is 5.17. The highest BCUT2D eigenvalue weighted by Gasteiger charge is 1.98. The van der Waals surface area contributed by atoms with Gasteiger partial charge in [-0.05, 0) is 29.8 Å². The minimum absolute atomic E-state index is 0. The van der Waals surface area contributed by atoms with Gasteiger partial charge in [-0.2, -0.15) is 0 Å². The molecule has 0 saturated heterocycles. The normalized spacial score (nSPS) is 10.7. The molecule has 0 bridgehead atoms. The molecule has 136 valence electrons. The average molecular weight is 456 g/mol. The van der Waals surface area contributed by atoms with Gasteiger partial charge in [0.2, 0.25) is 0 Å². The first kappa shape index (κ1) is 21.0. The number of nitrogens with zero attached hydrogens (tertiary/aromatic N) is 1. The van der Waals surface area contributed by atoms with E-state index >= 15 is 0 Å². The molecule has 0 radical (unpaired) electrons. The average Bonchev–Trinajstić information content (AvgIpc) is 2.61. The lowest BCUT2D eigenvalue weighted by Crippen LogP contribution is -2.22. The van der Waals surface area contributed by atoms with Crippen LogP contribution in [0.25, 0.3) is 0 Å². The monoisotopic (exact) mass is 456 g/mol. The van der Waals surface area contributed by atoms with Crippen molar-refractivity contribution in [1.29, 1.82) is 0 Å². The van der Waals surface area contributed by atoms with Gasteiger partial charge in [0.15, 0.2) is 5.96 Å². The van der Waals surface area contributed by atoms with Crippen molar-refractivity contribution in [1.82, 2.24) is 0 Å². The second kappa shape index (κ2) is 11.5. The van der Waals surface area contributed by atoms with Crippen LogP contribution < -0.4 is 21.1 Å². The van der Waals surface area contributed by atoms with Crippen LogP contribution in [0, 0.1) is 0 Å². The van der Waals surface area contributed by atoms with Crippen LogP contribution in [0.3, 0.4) is 0 Å². The van der Waals surface area contributed by atoms with Gasteiger partial charge < -0.3 is 25.8 Å². The van der Waals surface area contributed by atoms with Gasteiger partial charge >= 0.3 is 0 Å². The van der Waals surface area contributed by atoms with Crippen molar-refractivity contribution in [3.05, 3.63) is 54.1 Å². The van der Waals surface area contributed by atoms with Gasteiger partial charge in [0.05, 0.1) is 20.3 Å². The number of anilines is 2. The zero-order valence-corrected chi connectivity index (χ0v) is 16.8. The summed E-state index contributed by atoms with van der Waals surface area (Å²) in [5.41, 5.74) is 8.91. The summed E-state index contributed by atoms with van der Waals surface area (Å²) in [6, 6.07) is 15.6. The van der Waals surface area contributed by atoms with Crippen molar-refractivity contribution in [2.24, 2.45) is 10.7 Å². The largest absolute Gasteiger partial charge is 0.497 e. The number of guanidine groups is 1. The van der Waals surface area contributed by atoms with Gasteiger partial charge in [0, 0.05) is 31.1 Å². The lowest BCUT2D eigenvalue weighted by atomic mass is 10.2. The molecule has 0 aromatic heterocycles. The van der Waals surface area contributed by atoms with Gasteiger partial charge in [-0.3, -0.25) is 0 Å². The molecule has 4 N–H and O–H groups in total. The van der Waals surface area contributed by atoms with Gasteiger partial charge in [-0.15, -0.1) is 24.0 Å². The highest BCUT2D eigenvalue weighted by atomic mass is 127. The third kappa shape index (κ3) is 7.61. The topological polar surface area (TPSA) is 80.9 Å². The van der Waals surface area contributed by atoms with E-state index in [1.807, 2.05) is 48.5 Å². The molecule has 7 heteroatoms. The molecule has 2 rings (SSSR count). The molecule has 0 heterocycles. The molecule has 0 fully saturated rings. The SMILES string of the molecule is COCCNc1ccc(CN=C(N)Nc2cccc(OC)c2)cc1.I. The van der Waals surface area contributed by atoms with Crippen molar-refractivity contribution in [2.75, 3.05) is 38.0 Å². The Hall–Kier alpha value is -2.00. The highest BCUT2D eigenvalue weighted by molar-refractivity contribution is 14.0. The molecule has 6 nitrogen and oxygen atoms in total. The Balaban J connectivity index is 0.00000312. The van der Waals surface area contributed by atoms with E-state index in [4.69, 9.17) is 15.2 Å². The summed E-state index contributed by atoms with van der Waals surface area (Å²) >= 11 is 0. The smallest absolute Gasteiger partial charge is 0.193 e. The van der Waals surface area contributed by atoms with Gasteiger partial charge in [-0.1, -0.05) is 18.2 Å². The molecule has 25 heavy (non-hydrogen) atoms. The van der Waals surface area contributed by atoms with Crippen molar-refractivity contribution < 1.29 is 9.47 Å². The summed E-state index contributed by atoms with van der Waals surface area (Å²) < 4.78 is 10.2. The number of methoxy groups -OCH3 is 2. The van der Waals surface area contributed by atoms with Gasteiger partial charge in [-0.25, -0.2) is 4.99 Å².